The molecule has 2 aromatic heterocycles. The topological polar surface area (TPSA) is 91.0 Å². The van der Waals surface area contributed by atoms with E-state index in [4.69, 9.17) is 9.15 Å². The van der Waals surface area contributed by atoms with Gasteiger partial charge < -0.3 is 18.5 Å². The van der Waals surface area contributed by atoms with Crippen molar-refractivity contribution in [3.8, 4) is 11.4 Å². The second kappa shape index (κ2) is 9.03. The summed E-state index contributed by atoms with van der Waals surface area (Å²) in [6, 6.07) is 12.7. The number of amides is 2. The molecule has 0 atom stereocenters. The predicted octanol–water partition coefficient (Wildman–Crippen LogP) is 4.72. The second-order valence-corrected chi connectivity index (χ2v) is 8.38. The summed E-state index contributed by atoms with van der Waals surface area (Å²) in [4.78, 5) is 38.4. The molecule has 170 valence electrons. The number of hydrogen-bond donors (Lipinski definition) is 0. The van der Waals surface area contributed by atoms with Gasteiger partial charge in [0.2, 0.25) is 5.76 Å². The zero-order valence-corrected chi connectivity index (χ0v) is 19.4. The van der Waals surface area contributed by atoms with Crippen molar-refractivity contribution < 1.29 is 28.3 Å². The van der Waals surface area contributed by atoms with E-state index in [0.29, 0.717) is 10.7 Å². The van der Waals surface area contributed by atoms with E-state index in [1.54, 1.807) is 19.3 Å². The molecule has 0 saturated carbocycles. The fourth-order valence-electron chi connectivity index (χ4n) is 3.69. The van der Waals surface area contributed by atoms with Crippen LogP contribution >= 0.6 is 11.8 Å². The summed E-state index contributed by atoms with van der Waals surface area (Å²) in [7, 11) is 2.87. The van der Waals surface area contributed by atoms with Crippen molar-refractivity contribution in [2.24, 2.45) is 0 Å². The quantitative estimate of drug-likeness (QED) is 0.383. The maximum absolute atomic E-state index is 12.9. The van der Waals surface area contributed by atoms with E-state index >= 15 is 0 Å². The molecular formula is C24H22N2O6S. The number of esters is 1. The first kappa shape index (κ1) is 22.5. The number of ether oxygens (including phenoxy) is 2. The standard InChI is InChI=1S/C24H22N2O6S/c1-14-10-16(15(2)26(14)17-6-5-7-18(12-17)30-3)11-21-22(27)25(24(29)33-21)13-19-8-9-20(32-19)23(28)31-4/h5-12H,13H2,1-4H3. The molecule has 1 aliphatic heterocycles. The molecule has 8 nitrogen and oxygen atoms in total. The van der Waals surface area contributed by atoms with E-state index in [2.05, 4.69) is 9.30 Å². The van der Waals surface area contributed by atoms with Crippen molar-refractivity contribution in [2.45, 2.75) is 20.4 Å². The van der Waals surface area contributed by atoms with E-state index in [1.165, 1.54) is 13.2 Å². The number of thioether (sulfide) groups is 1. The molecule has 1 aliphatic rings. The molecule has 1 fully saturated rings. The fourth-order valence-corrected chi connectivity index (χ4v) is 4.52. The Bertz CT molecular complexity index is 1290. The second-order valence-electron chi connectivity index (χ2n) is 7.39. The van der Waals surface area contributed by atoms with Crippen LogP contribution in [0, 0.1) is 13.8 Å². The lowest BCUT2D eigenvalue weighted by Crippen LogP contribution is -2.27. The van der Waals surface area contributed by atoms with Gasteiger partial charge >= 0.3 is 5.97 Å². The Kier molecular flexibility index (Phi) is 6.15. The van der Waals surface area contributed by atoms with Crippen LogP contribution in [0.2, 0.25) is 0 Å². The number of nitrogens with zero attached hydrogens (tertiary/aromatic N) is 2. The maximum atomic E-state index is 12.9. The van der Waals surface area contributed by atoms with Gasteiger partial charge in [0.05, 0.1) is 25.7 Å². The minimum absolute atomic E-state index is 0.0139. The van der Waals surface area contributed by atoms with Gasteiger partial charge in [-0.05, 0) is 67.6 Å². The highest BCUT2D eigenvalue weighted by atomic mass is 32.2. The molecule has 4 rings (SSSR count). The minimum atomic E-state index is -0.623. The molecule has 0 N–H and O–H groups in total. The molecule has 3 heterocycles. The summed E-state index contributed by atoms with van der Waals surface area (Å²) in [5.74, 6) is 0.0416. The molecule has 0 aliphatic carbocycles. The van der Waals surface area contributed by atoms with Crippen molar-refractivity contribution in [1.29, 1.82) is 0 Å². The Morgan fingerprint density at radius 2 is 1.91 bits per heavy atom. The normalized spacial score (nSPS) is 14.9. The van der Waals surface area contributed by atoms with Crippen molar-refractivity contribution >= 4 is 35.0 Å². The van der Waals surface area contributed by atoms with Crippen LogP contribution < -0.4 is 4.74 Å². The number of aromatic nitrogens is 1. The lowest BCUT2D eigenvalue weighted by atomic mass is 10.2. The largest absolute Gasteiger partial charge is 0.497 e. The van der Waals surface area contributed by atoms with Crippen molar-refractivity contribution in [2.75, 3.05) is 14.2 Å². The van der Waals surface area contributed by atoms with Crippen LogP contribution in [0.3, 0.4) is 0 Å². The van der Waals surface area contributed by atoms with E-state index in [-0.39, 0.29) is 12.3 Å². The smallest absolute Gasteiger partial charge is 0.373 e. The van der Waals surface area contributed by atoms with Crippen molar-refractivity contribution in [3.05, 3.63) is 75.8 Å². The molecule has 0 unspecified atom stereocenters. The monoisotopic (exact) mass is 466 g/mol. The highest BCUT2D eigenvalue weighted by Crippen LogP contribution is 2.35. The molecule has 33 heavy (non-hydrogen) atoms. The average Bonchev–Trinajstić information content (AvgIpc) is 3.46. The highest BCUT2D eigenvalue weighted by Gasteiger charge is 2.36. The number of aryl methyl sites for hydroxylation is 1. The first-order valence-corrected chi connectivity index (χ1v) is 10.9. The van der Waals surface area contributed by atoms with Gasteiger partial charge in [-0.3, -0.25) is 14.5 Å². The number of benzene rings is 1. The zero-order valence-electron chi connectivity index (χ0n) is 18.6. The van der Waals surface area contributed by atoms with Gasteiger partial charge in [-0.2, -0.15) is 0 Å². The van der Waals surface area contributed by atoms with E-state index in [1.807, 2.05) is 44.2 Å². The number of carbonyl (C=O) groups excluding carboxylic acids is 3. The summed E-state index contributed by atoms with van der Waals surface area (Å²) < 4.78 is 17.4. The van der Waals surface area contributed by atoms with Gasteiger partial charge in [-0.25, -0.2) is 4.79 Å². The Morgan fingerprint density at radius 3 is 2.64 bits per heavy atom. The van der Waals surface area contributed by atoms with E-state index < -0.39 is 17.1 Å². The molecule has 0 radical (unpaired) electrons. The lowest BCUT2D eigenvalue weighted by Gasteiger charge is -2.11. The third-order valence-electron chi connectivity index (χ3n) is 5.30. The summed E-state index contributed by atoms with van der Waals surface area (Å²) in [5, 5.41) is -0.399. The Labute approximate surface area is 194 Å². The van der Waals surface area contributed by atoms with E-state index in [9.17, 15) is 14.4 Å². The Hall–Kier alpha value is -3.72. The van der Waals surface area contributed by atoms with Crippen LogP contribution in [0.25, 0.3) is 11.8 Å². The SMILES string of the molecule is COC(=O)c1ccc(CN2C(=O)SC(=Cc3cc(C)n(-c4cccc(OC)c4)c3C)C2=O)o1. The van der Waals surface area contributed by atoms with Crippen LogP contribution in [-0.4, -0.2) is 40.8 Å². The van der Waals surface area contributed by atoms with Crippen LogP contribution in [0.15, 0.2) is 51.8 Å². The Morgan fingerprint density at radius 1 is 1.12 bits per heavy atom. The van der Waals surface area contributed by atoms with Gasteiger partial charge in [0, 0.05) is 23.1 Å². The number of carbonyl (C=O) groups is 3. The third kappa shape index (κ3) is 4.31. The van der Waals surface area contributed by atoms with Gasteiger partial charge in [0.25, 0.3) is 11.1 Å². The van der Waals surface area contributed by atoms with Gasteiger partial charge in [0.1, 0.15) is 11.5 Å². The molecule has 0 bridgehead atoms. The highest BCUT2D eigenvalue weighted by molar-refractivity contribution is 8.18. The maximum Gasteiger partial charge on any atom is 0.373 e. The fraction of sp³-hybridized carbons (Fsp3) is 0.208. The van der Waals surface area contributed by atoms with E-state index in [0.717, 1.165) is 45.1 Å². The minimum Gasteiger partial charge on any atom is -0.497 e. The summed E-state index contributed by atoms with van der Waals surface area (Å²) in [6.45, 7) is 3.87. The lowest BCUT2D eigenvalue weighted by molar-refractivity contribution is -0.123. The average molecular weight is 467 g/mol. The molecule has 1 saturated heterocycles. The van der Waals surface area contributed by atoms with Crippen LogP contribution in [0.1, 0.15) is 33.3 Å². The van der Waals surface area contributed by atoms with Gasteiger partial charge in [-0.15, -0.1) is 0 Å². The summed E-state index contributed by atoms with van der Waals surface area (Å²) in [5.41, 5.74) is 3.70. The number of furan rings is 1. The first-order valence-electron chi connectivity index (χ1n) is 10.1. The predicted molar refractivity (Wildman–Crippen MR) is 123 cm³/mol. The molecule has 9 heteroatoms. The van der Waals surface area contributed by atoms with Gasteiger partial charge in [0.15, 0.2) is 0 Å². The Balaban J connectivity index is 1.59. The molecule has 3 aromatic rings. The summed E-state index contributed by atoms with van der Waals surface area (Å²) >= 11 is 0.875. The van der Waals surface area contributed by atoms with Gasteiger partial charge in [-0.1, -0.05) is 6.07 Å². The van der Waals surface area contributed by atoms with Crippen LogP contribution in [-0.2, 0) is 16.1 Å². The molecular weight excluding hydrogens is 444 g/mol. The molecule has 0 spiro atoms. The molecule has 2 amide bonds. The van der Waals surface area contributed by atoms with Crippen molar-refractivity contribution in [3.63, 3.8) is 0 Å². The molecule has 1 aromatic carbocycles. The number of imide groups is 1. The van der Waals surface area contributed by atoms with Crippen LogP contribution in [0.5, 0.6) is 5.75 Å². The number of methoxy groups -OCH3 is 2. The number of hydrogen-bond acceptors (Lipinski definition) is 7. The van der Waals surface area contributed by atoms with Crippen LogP contribution in [0.4, 0.5) is 4.79 Å². The zero-order chi connectivity index (χ0) is 23.7. The van der Waals surface area contributed by atoms with Crippen molar-refractivity contribution in [1.82, 2.24) is 9.47 Å². The summed E-state index contributed by atoms with van der Waals surface area (Å²) in [6.07, 6.45) is 1.73. The third-order valence-corrected chi connectivity index (χ3v) is 6.21. The first-order chi connectivity index (χ1) is 15.8. The number of rotatable bonds is 6.